The van der Waals surface area contributed by atoms with Crippen molar-refractivity contribution in [2.24, 2.45) is 0 Å². The molecule has 0 saturated carbocycles. The standard InChI is InChI=1S/C15H15N3O2S/c1-9-8-21-14(17-9)4-5-16-15(20)11-3-2-10-7-13(19)18-12(10)6-11/h2-3,6,8H,4-5,7H2,1H3,(H,16,20)(H,18,19). The molecule has 1 aliphatic heterocycles. The van der Waals surface area contributed by atoms with Crippen LogP contribution < -0.4 is 10.6 Å². The summed E-state index contributed by atoms with van der Waals surface area (Å²) in [5.41, 5.74) is 3.25. The Balaban J connectivity index is 1.58. The van der Waals surface area contributed by atoms with Crippen LogP contribution in [0.25, 0.3) is 0 Å². The van der Waals surface area contributed by atoms with E-state index in [-0.39, 0.29) is 11.8 Å². The monoisotopic (exact) mass is 301 g/mol. The quantitative estimate of drug-likeness (QED) is 0.906. The molecule has 0 unspecified atom stereocenters. The third kappa shape index (κ3) is 3.11. The van der Waals surface area contributed by atoms with Gasteiger partial charge in [-0.3, -0.25) is 9.59 Å². The molecule has 0 radical (unpaired) electrons. The maximum absolute atomic E-state index is 12.1. The molecule has 6 heteroatoms. The molecular weight excluding hydrogens is 286 g/mol. The van der Waals surface area contributed by atoms with Crippen molar-refractivity contribution in [2.75, 3.05) is 11.9 Å². The molecule has 0 fully saturated rings. The van der Waals surface area contributed by atoms with Crippen LogP contribution in [0.3, 0.4) is 0 Å². The number of aryl methyl sites for hydroxylation is 1. The Bertz CT molecular complexity index is 709. The molecule has 2 aromatic rings. The molecule has 2 heterocycles. The summed E-state index contributed by atoms with van der Waals surface area (Å²) in [5, 5.41) is 8.65. The van der Waals surface area contributed by atoms with Crippen molar-refractivity contribution in [1.29, 1.82) is 0 Å². The molecule has 1 aromatic carbocycles. The lowest BCUT2D eigenvalue weighted by atomic mass is 10.1. The van der Waals surface area contributed by atoms with Gasteiger partial charge in [-0.25, -0.2) is 4.98 Å². The Labute approximate surface area is 126 Å². The van der Waals surface area contributed by atoms with Crippen LogP contribution >= 0.6 is 11.3 Å². The number of carbonyl (C=O) groups is 2. The highest BCUT2D eigenvalue weighted by molar-refractivity contribution is 7.09. The third-order valence-electron chi connectivity index (χ3n) is 3.29. The summed E-state index contributed by atoms with van der Waals surface area (Å²) in [6.07, 6.45) is 1.12. The number of hydrogen-bond acceptors (Lipinski definition) is 4. The van der Waals surface area contributed by atoms with Crippen LogP contribution in [0.5, 0.6) is 0 Å². The van der Waals surface area contributed by atoms with E-state index < -0.39 is 0 Å². The summed E-state index contributed by atoms with van der Waals surface area (Å²) >= 11 is 1.60. The van der Waals surface area contributed by atoms with E-state index in [0.29, 0.717) is 18.5 Å². The number of carbonyl (C=O) groups excluding carboxylic acids is 2. The predicted octanol–water partition coefficient (Wildman–Crippen LogP) is 1.92. The Morgan fingerprint density at radius 3 is 3.10 bits per heavy atom. The van der Waals surface area contributed by atoms with Gasteiger partial charge in [0.15, 0.2) is 0 Å². The first kappa shape index (κ1) is 13.8. The maximum atomic E-state index is 12.1. The van der Waals surface area contributed by atoms with E-state index in [1.807, 2.05) is 18.4 Å². The smallest absolute Gasteiger partial charge is 0.251 e. The van der Waals surface area contributed by atoms with E-state index in [4.69, 9.17) is 0 Å². The summed E-state index contributed by atoms with van der Waals surface area (Å²) in [4.78, 5) is 27.7. The van der Waals surface area contributed by atoms with Crippen molar-refractivity contribution in [3.8, 4) is 0 Å². The molecule has 1 aromatic heterocycles. The van der Waals surface area contributed by atoms with Crippen LogP contribution in [-0.2, 0) is 17.6 Å². The highest BCUT2D eigenvalue weighted by Gasteiger charge is 2.18. The molecule has 5 nitrogen and oxygen atoms in total. The fourth-order valence-corrected chi connectivity index (χ4v) is 3.03. The topological polar surface area (TPSA) is 71.1 Å². The SMILES string of the molecule is Cc1csc(CCNC(=O)c2ccc3c(c2)NC(=O)C3)n1. The number of aromatic nitrogens is 1. The number of benzene rings is 1. The van der Waals surface area contributed by atoms with Gasteiger partial charge in [0.1, 0.15) is 0 Å². The second kappa shape index (κ2) is 5.65. The zero-order chi connectivity index (χ0) is 14.8. The van der Waals surface area contributed by atoms with Crippen molar-refractivity contribution >= 4 is 28.8 Å². The average molecular weight is 301 g/mol. The number of thiazole rings is 1. The molecule has 0 saturated heterocycles. The lowest BCUT2D eigenvalue weighted by Crippen LogP contribution is -2.25. The Morgan fingerprint density at radius 1 is 1.48 bits per heavy atom. The van der Waals surface area contributed by atoms with Crippen LogP contribution in [0.4, 0.5) is 5.69 Å². The zero-order valence-electron chi connectivity index (χ0n) is 11.6. The Kier molecular flexibility index (Phi) is 3.70. The number of amides is 2. The summed E-state index contributed by atoms with van der Waals surface area (Å²) in [6, 6.07) is 5.30. The Hall–Kier alpha value is -2.21. The van der Waals surface area contributed by atoms with Gasteiger partial charge < -0.3 is 10.6 Å². The largest absolute Gasteiger partial charge is 0.352 e. The molecular formula is C15H15N3O2S. The van der Waals surface area contributed by atoms with Crippen molar-refractivity contribution in [2.45, 2.75) is 19.8 Å². The first-order chi connectivity index (χ1) is 10.1. The first-order valence-corrected chi connectivity index (χ1v) is 7.62. The summed E-state index contributed by atoms with van der Waals surface area (Å²) in [5.74, 6) is -0.158. The van der Waals surface area contributed by atoms with Crippen LogP contribution in [0.15, 0.2) is 23.6 Å². The lowest BCUT2D eigenvalue weighted by Gasteiger charge is -2.06. The van der Waals surface area contributed by atoms with Gasteiger partial charge in [-0.2, -0.15) is 0 Å². The minimum absolute atomic E-state index is 0.0262. The van der Waals surface area contributed by atoms with Crippen LogP contribution in [0.2, 0.25) is 0 Å². The number of anilines is 1. The second-order valence-corrected chi connectivity index (χ2v) is 5.93. The number of nitrogens with zero attached hydrogens (tertiary/aromatic N) is 1. The zero-order valence-corrected chi connectivity index (χ0v) is 12.4. The number of hydrogen-bond donors (Lipinski definition) is 2. The number of nitrogens with one attached hydrogen (secondary N) is 2. The molecule has 0 spiro atoms. The fraction of sp³-hybridized carbons (Fsp3) is 0.267. The summed E-state index contributed by atoms with van der Waals surface area (Å²) in [6.45, 7) is 2.51. The molecule has 0 aliphatic carbocycles. The first-order valence-electron chi connectivity index (χ1n) is 6.74. The van der Waals surface area contributed by atoms with E-state index in [0.717, 1.165) is 28.4 Å². The van der Waals surface area contributed by atoms with Crippen molar-refractivity contribution in [3.63, 3.8) is 0 Å². The average Bonchev–Trinajstić information content (AvgIpc) is 3.02. The van der Waals surface area contributed by atoms with Gasteiger partial charge >= 0.3 is 0 Å². The molecule has 1 aliphatic rings. The van der Waals surface area contributed by atoms with Crippen LogP contribution in [0.1, 0.15) is 26.6 Å². The predicted molar refractivity (Wildman–Crippen MR) is 81.7 cm³/mol. The van der Waals surface area contributed by atoms with Crippen molar-refractivity contribution < 1.29 is 9.59 Å². The number of rotatable bonds is 4. The van der Waals surface area contributed by atoms with Crippen LogP contribution in [0, 0.1) is 6.92 Å². The van der Waals surface area contributed by atoms with Gasteiger partial charge in [-0.05, 0) is 24.6 Å². The molecule has 108 valence electrons. The van der Waals surface area contributed by atoms with E-state index in [1.54, 1.807) is 23.5 Å². The van der Waals surface area contributed by atoms with Crippen molar-refractivity contribution in [1.82, 2.24) is 10.3 Å². The third-order valence-corrected chi connectivity index (χ3v) is 4.31. The summed E-state index contributed by atoms with van der Waals surface area (Å²) < 4.78 is 0. The lowest BCUT2D eigenvalue weighted by molar-refractivity contribution is -0.115. The normalized spacial score (nSPS) is 12.9. The number of fused-ring (bicyclic) bond motifs is 1. The van der Waals surface area contributed by atoms with Crippen LogP contribution in [-0.4, -0.2) is 23.3 Å². The van der Waals surface area contributed by atoms with Gasteiger partial charge in [-0.15, -0.1) is 11.3 Å². The van der Waals surface area contributed by atoms with Gasteiger partial charge in [0.2, 0.25) is 5.91 Å². The summed E-state index contributed by atoms with van der Waals surface area (Å²) in [7, 11) is 0. The molecule has 21 heavy (non-hydrogen) atoms. The maximum Gasteiger partial charge on any atom is 0.251 e. The van der Waals surface area contributed by atoms with E-state index in [9.17, 15) is 9.59 Å². The van der Waals surface area contributed by atoms with Gasteiger partial charge in [0.25, 0.3) is 5.91 Å². The molecule has 0 bridgehead atoms. The van der Waals surface area contributed by atoms with Gasteiger partial charge in [0, 0.05) is 35.3 Å². The Morgan fingerprint density at radius 2 is 2.33 bits per heavy atom. The minimum Gasteiger partial charge on any atom is -0.352 e. The van der Waals surface area contributed by atoms with Gasteiger partial charge in [-0.1, -0.05) is 6.07 Å². The molecule has 2 N–H and O–H groups in total. The molecule has 3 rings (SSSR count). The fourth-order valence-electron chi connectivity index (χ4n) is 2.26. The van der Waals surface area contributed by atoms with Gasteiger partial charge in [0.05, 0.1) is 11.4 Å². The van der Waals surface area contributed by atoms with E-state index in [2.05, 4.69) is 15.6 Å². The van der Waals surface area contributed by atoms with E-state index in [1.165, 1.54) is 0 Å². The molecule has 0 atom stereocenters. The van der Waals surface area contributed by atoms with Crippen molar-refractivity contribution in [3.05, 3.63) is 45.4 Å². The molecule has 2 amide bonds. The second-order valence-electron chi connectivity index (χ2n) is 4.99. The minimum atomic E-state index is -0.132. The van der Waals surface area contributed by atoms with E-state index >= 15 is 0 Å². The highest BCUT2D eigenvalue weighted by Crippen LogP contribution is 2.23. The highest BCUT2D eigenvalue weighted by atomic mass is 32.1.